The topological polar surface area (TPSA) is 102 Å². The zero-order valence-electron chi connectivity index (χ0n) is 24.6. The lowest BCUT2D eigenvalue weighted by Crippen LogP contribution is -2.62. The molecule has 4 aliphatic heterocycles. The second-order valence-corrected chi connectivity index (χ2v) is 12.5. The van der Waals surface area contributed by atoms with Crippen molar-refractivity contribution in [1.82, 2.24) is 25.2 Å². The minimum Gasteiger partial charge on any atom is -0.472 e. The van der Waals surface area contributed by atoms with Crippen LogP contribution in [0.1, 0.15) is 31.7 Å². The van der Waals surface area contributed by atoms with Gasteiger partial charge in [0.05, 0.1) is 6.04 Å². The molecule has 11 heteroatoms. The normalized spacial score (nSPS) is 27.7. The Morgan fingerprint density at radius 2 is 2.05 bits per heavy atom. The largest absolute Gasteiger partial charge is 0.472 e. The molecule has 6 atom stereocenters. The lowest BCUT2D eigenvalue weighted by molar-refractivity contribution is 0.154. The first-order valence-corrected chi connectivity index (χ1v) is 15.2. The third-order valence-electron chi connectivity index (χ3n) is 9.68. The van der Waals surface area contributed by atoms with Gasteiger partial charge in [-0.05, 0) is 56.8 Å². The average molecular weight is 598 g/mol. The lowest BCUT2D eigenvalue weighted by Gasteiger charge is -2.42. The summed E-state index contributed by atoms with van der Waals surface area (Å²) in [6.07, 6.45) is 7.08. The molecule has 6 heterocycles. The highest BCUT2D eigenvalue weighted by Crippen LogP contribution is 2.45. The molecule has 0 aliphatic carbocycles. The number of likely N-dealkylation sites (tertiary alicyclic amines) is 1. The van der Waals surface area contributed by atoms with Crippen LogP contribution in [0.5, 0.6) is 11.9 Å². The minimum atomic E-state index is -0.916. The quantitative estimate of drug-likeness (QED) is 0.267. The van der Waals surface area contributed by atoms with Crippen molar-refractivity contribution in [3.8, 4) is 35.5 Å². The van der Waals surface area contributed by atoms with Crippen molar-refractivity contribution in [2.24, 2.45) is 0 Å². The number of hydrogen-bond donors (Lipinski definition) is 2. The van der Waals surface area contributed by atoms with Crippen LogP contribution in [-0.2, 0) is 0 Å². The second kappa shape index (κ2) is 10.1. The summed E-state index contributed by atoms with van der Waals surface area (Å²) in [5, 5.41) is 5.56. The van der Waals surface area contributed by atoms with Gasteiger partial charge in [0.25, 0.3) is 0 Å². The predicted molar refractivity (Wildman–Crippen MR) is 165 cm³/mol. The number of hydrogen-bond acceptors (Lipinski definition) is 9. The summed E-state index contributed by atoms with van der Waals surface area (Å²) in [6.45, 7) is 3.23. The van der Waals surface area contributed by atoms with Gasteiger partial charge in [0.2, 0.25) is 5.88 Å². The minimum absolute atomic E-state index is 0.0330. The molecule has 2 aromatic carbocycles. The van der Waals surface area contributed by atoms with E-state index in [-0.39, 0.29) is 60.0 Å². The van der Waals surface area contributed by atoms with Crippen molar-refractivity contribution in [1.29, 1.82) is 0 Å². The molecule has 4 aliphatic rings. The molecule has 9 nitrogen and oxygen atoms in total. The van der Waals surface area contributed by atoms with Crippen LogP contribution in [0, 0.1) is 18.2 Å². The van der Waals surface area contributed by atoms with E-state index < -0.39 is 12.0 Å². The average Bonchev–Trinajstić information content (AvgIpc) is 3.51. The molecule has 0 unspecified atom stereocenters. The number of nitrogens with zero attached hydrogens (tertiary/aromatic N) is 5. The van der Waals surface area contributed by atoms with Crippen molar-refractivity contribution in [2.75, 3.05) is 37.4 Å². The van der Waals surface area contributed by atoms with Crippen LogP contribution in [0.2, 0.25) is 0 Å². The summed E-state index contributed by atoms with van der Waals surface area (Å²) in [5.41, 5.74) is 7.87. The monoisotopic (exact) mass is 597 g/mol. The number of ether oxygens (including phenoxy) is 2. The van der Waals surface area contributed by atoms with Crippen molar-refractivity contribution in [3.05, 3.63) is 41.7 Å². The summed E-state index contributed by atoms with van der Waals surface area (Å²) in [5.74, 6) is 2.86. The van der Waals surface area contributed by atoms with E-state index in [1.165, 1.54) is 0 Å². The number of nitrogens with two attached hydrogens (primary N) is 1. The van der Waals surface area contributed by atoms with Gasteiger partial charge in [0.15, 0.2) is 5.82 Å². The van der Waals surface area contributed by atoms with Gasteiger partial charge in [-0.15, -0.1) is 6.42 Å². The maximum atomic E-state index is 17.0. The Bertz CT molecular complexity index is 1860. The molecule has 3 N–H and O–H groups in total. The van der Waals surface area contributed by atoms with Gasteiger partial charge in [-0.25, -0.2) is 13.8 Å². The van der Waals surface area contributed by atoms with Crippen LogP contribution >= 0.6 is 0 Å². The maximum Gasteiger partial charge on any atom is 0.319 e. The molecule has 44 heavy (non-hydrogen) atoms. The Labute approximate surface area is 253 Å². The Kier molecular flexibility index (Phi) is 6.29. The van der Waals surface area contributed by atoms with Crippen LogP contribution in [0.15, 0.2) is 30.3 Å². The molecule has 8 rings (SSSR count). The number of likely N-dealkylation sites (N-methyl/N-ethyl adjacent to an activating group) is 1. The SMILES string of the molecule is C#Cc1cccc2cc(N)cc(-c3nc4c5c(nc(OC[C@@H]6C[C@@H](F)CN6C)nc5c3F)N3C[C@H]5CC[C@H](N5)[C@H]3[C@H](C)O4)c12. The highest BCUT2D eigenvalue weighted by molar-refractivity contribution is 6.04. The number of fused-ring (bicyclic) bond motifs is 6. The van der Waals surface area contributed by atoms with E-state index in [0.717, 1.165) is 18.2 Å². The van der Waals surface area contributed by atoms with Crippen LogP contribution < -0.4 is 25.4 Å². The van der Waals surface area contributed by atoms with E-state index in [1.54, 1.807) is 12.1 Å². The summed E-state index contributed by atoms with van der Waals surface area (Å²) in [6, 6.07) is 9.33. The fraction of sp³-hybridized carbons (Fsp3) is 0.424. The summed E-state index contributed by atoms with van der Waals surface area (Å²) < 4.78 is 43.8. The zero-order chi connectivity index (χ0) is 30.3. The zero-order valence-corrected chi connectivity index (χ0v) is 24.6. The molecule has 0 radical (unpaired) electrons. The standard InChI is InChI=1S/C33H33F2N7O2/c1-4-17-6-5-7-18-10-20(36)12-23(25(17)18)28-27(35)29-26-31(40-33(39-29)43-15-22-11-19(34)13-41(22)3)42-14-21-8-9-24(37-21)30(42)16(2)44-32(26)38-28/h1,5-7,10,12,16,19,21-22,24,30,37H,8-9,11,13-15,36H2,2-3H3/t16-,19+,21+,22-,24-,30+/m0/s1. The van der Waals surface area contributed by atoms with Gasteiger partial charge in [0, 0.05) is 53.4 Å². The van der Waals surface area contributed by atoms with Crippen molar-refractivity contribution in [3.63, 3.8) is 0 Å². The summed E-state index contributed by atoms with van der Waals surface area (Å²) >= 11 is 0. The number of benzene rings is 2. The van der Waals surface area contributed by atoms with E-state index in [2.05, 4.69) is 21.1 Å². The first kappa shape index (κ1) is 27.3. The van der Waals surface area contributed by atoms with E-state index >= 15 is 4.39 Å². The first-order chi connectivity index (χ1) is 21.3. The smallest absolute Gasteiger partial charge is 0.319 e. The van der Waals surface area contributed by atoms with Gasteiger partial charge in [-0.2, -0.15) is 9.97 Å². The van der Waals surface area contributed by atoms with Gasteiger partial charge in [-0.3, -0.25) is 4.90 Å². The Morgan fingerprint density at radius 1 is 1.18 bits per heavy atom. The molecule has 2 bridgehead atoms. The molecule has 4 aromatic rings. The second-order valence-electron chi connectivity index (χ2n) is 12.5. The van der Waals surface area contributed by atoms with Crippen LogP contribution in [0.25, 0.3) is 32.9 Å². The predicted octanol–water partition coefficient (Wildman–Crippen LogP) is 4.06. The van der Waals surface area contributed by atoms with Crippen LogP contribution in [0.3, 0.4) is 0 Å². The fourth-order valence-electron chi connectivity index (χ4n) is 7.67. The molecule has 0 saturated carbocycles. The highest BCUT2D eigenvalue weighted by atomic mass is 19.1. The van der Waals surface area contributed by atoms with E-state index in [1.807, 2.05) is 37.1 Å². The van der Waals surface area contributed by atoms with Crippen molar-refractivity contribution >= 4 is 33.2 Å². The van der Waals surface area contributed by atoms with Crippen molar-refractivity contribution < 1.29 is 18.3 Å². The Morgan fingerprint density at radius 3 is 2.84 bits per heavy atom. The molecular formula is C33H33F2N7O2. The number of alkyl halides is 1. The number of terminal acetylenes is 1. The Hall–Kier alpha value is -4.27. The number of nitrogen functional groups attached to an aromatic ring is 1. The number of halogens is 2. The number of pyridine rings is 1. The van der Waals surface area contributed by atoms with Gasteiger partial charge in [0.1, 0.15) is 41.3 Å². The number of piperazine rings is 1. The maximum absolute atomic E-state index is 17.0. The molecule has 0 spiro atoms. The first-order valence-electron chi connectivity index (χ1n) is 15.2. The van der Waals surface area contributed by atoms with Gasteiger partial charge in [-0.1, -0.05) is 18.1 Å². The summed E-state index contributed by atoms with van der Waals surface area (Å²) in [7, 11) is 1.87. The molecule has 3 saturated heterocycles. The van der Waals surface area contributed by atoms with Crippen LogP contribution in [-0.4, -0.2) is 83.0 Å². The molecule has 226 valence electrons. The van der Waals surface area contributed by atoms with E-state index in [4.69, 9.17) is 31.6 Å². The summed E-state index contributed by atoms with van der Waals surface area (Å²) in [4.78, 5) is 18.4. The molecule has 3 fully saturated rings. The van der Waals surface area contributed by atoms with Gasteiger partial charge < -0.3 is 25.4 Å². The fourth-order valence-corrected chi connectivity index (χ4v) is 7.67. The molecular weight excluding hydrogens is 564 g/mol. The lowest BCUT2D eigenvalue weighted by atomic mass is 9.96. The number of rotatable bonds is 4. The van der Waals surface area contributed by atoms with Gasteiger partial charge >= 0.3 is 6.01 Å². The van der Waals surface area contributed by atoms with Crippen LogP contribution in [0.4, 0.5) is 20.3 Å². The number of aromatic nitrogens is 3. The number of anilines is 2. The molecule has 0 amide bonds. The third kappa shape index (κ3) is 4.23. The Balaban J connectivity index is 1.35. The highest BCUT2D eigenvalue weighted by Gasteiger charge is 2.47. The third-order valence-corrected chi connectivity index (χ3v) is 9.68. The van der Waals surface area contributed by atoms with Crippen molar-refractivity contribution in [2.45, 2.75) is 62.6 Å². The number of nitrogens with one attached hydrogen (secondary N) is 1. The van der Waals surface area contributed by atoms with E-state index in [9.17, 15) is 4.39 Å². The molecule has 2 aromatic heterocycles. The van der Waals surface area contributed by atoms with E-state index in [0.29, 0.717) is 52.9 Å².